The van der Waals surface area contributed by atoms with Gasteiger partial charge in [0.2, 0.25) is 0 Å². The van der Waals surface area contributed by atoms with Gasteiger partial charge in [-0.1, -0.05) is 0 Å². The maximum atomic E-state index is 9.28. The number of ether oxygens (including phenoxy) is 1. The number of aliphatic hydroxyl groups excluding tert-OH is 1. The standard InChI is InChI=1S/C14H24N4O2/c1-3-20-10-13-16-12(15-2)9-14(17-13)18(7-8-19)11-5-4-6-11/h9,11,19H,3-8,10H2,1-2H3,(H,15,16,17). The average Bonchev–Trinajstić information content (AvgIpc) is 2.42. The molecule has 2 rings (SSSR count). The summed E-state index contributed by atoms with van der Waals surface area (Å²) in [6, 6.07) is 2.42. The molecule has 6 heteroatoms. The van der Waals surface area contributed by atoms with Crippen molar-refractivity contribution in [2.45, 2.75) is 38.8 Å². The average molecular weight is 280 g/mol. The Morgan fingerprint density at radius 2 is 2.25 bits per heavy atom. The molecule has 0 unspecified atom stereocenters. The van der Waals surface area contributed by atoms with Gasteiger partial charge in [-0.3, -0.25) is 0 Å². The molecule has 0 aromatic carbocycles. The number of hydrogen-bond acceptors (Lipinski definition) is 6. The summed E-state index contributed by atoms with van der Waals surface area (Å²) in [6.07, 6.45) is 3.59. The minimum Gasteiger partial charge on any atom is -0.395 e. The van der Waals surface area contributed by atoms with E-state index in [9.17, 15) is 5.11 Å². The lowest BCUT2D eigenvalue weighted by Crippen LogP contribution is -2.42. The lowest BCUT2D eigenvalue weighted by atomic mass is 9.91. The van der Waals surface area contributed by atoms with Crippen molar-refractivity contribution in [1.82, 2.24) is 9.97 Å². The molecule has 0 amide bonds. The number of rotatable bonds is 8. The molecule has 1 fully saturated rings. The second kappa shape index (κ2) is 7.40. The van der Waals surface area contributed by atoms with Crippen molar-refractivity contribution in [3.8, 4) is 0 Å². The van der Waals surface area contributed by atoms with Crippen LogP contribution in [0.4, 0.5) is 11.6 Å². The van der Waals surface area contributed by atoms with Gasteiger partial charge in [0.15, 0.2) is 5.82 Å². The number of aliphatic hydroxyl groups is 1. The molecule has 1 heterocycles. The molecule has 20 heavy (non-hydrogen) atoms. The fraction of sp³-hybridized carbons (Fsp3) is 0.714. The van der Waals surface area contributed by atoms with Gasteiger partial charge in [0.1, 0.15) is 18.2 Å². The number of anilines is 2. The summed E-state index contributed by atoms with van der Waals surface area (Å²) in [6.45, 7) is 3.76. The summed E-state index contributed by atoms with van der Waals surface area (Å²) in [5.41, 5.74) is 0. The molecule has 0 atom stereocenters. The summed E-state index contributed by atoms with van der Waals surface area (Å²) in [5.74, 6) is 2.33. The Kier molecular flexibility index (Phi) is 5.55. The highest BCUT2D eigenvalue weighted by molar-refractivity contribution is 5.50. The van der Waals surface area contributed by atoms with Crippen LogP contribution in [0.5, 0.6) is 0 Å². The molecule has 1 aliphatic carbocycles. The zero-order valence-electron chi connectivity index (χ0n) is 12.3. The fourth-order valence-electron chi connectivity index (χ4n) is 2.31. The van der Waals surface area contributed by atoms with Gasteiger partial charge in [-0.2, -0.15) is 0 Å². The van der Waals surface area contributed by atoms with Crippen molar-refractivity contribution in [2.75, 3.05) is 37.0 Å². The number of nitrogens with zero attached hydrogens (tertiary/aromatic N) is 3. The van der Waals surface area contributed by atoms with Crippen molar-refractivity contribution in [1.29, 1.82) is 0 Å². The highest BCUT2D eigenvalue weighted by atomic mass is 16.5. The van der Waals surface area contributed by atoms with Crippen molar-refractivity contribution < 1.29 is 9.84 Å². The molecule has 1 saturated carbocycles. The third kappa shape index (κ3) is 3.58. The number of nitrogens with one attached hydrogen (secondary N) is 1. The van der Waals surface area contributed by atoms with Gasteiger partial charge >= 0.3 is 0 Å². The van der Waals surface area contributed by atoms with Crippen LogP contribution in [0.1, 0.15) is 32.0 Å². The van der Waals surface area contributed by atoms with E-state index < -0.39 is 0 Å². The molecule has 112 valence electrons. The van der Waals surface area contributed by atoms with Gasteiger partial charge in [0, 0.05) is 32.3 Å². The molecule has 6 nitrogen and oxygen atoms in total. The number of aromatic nitrogens is 2. The van der Waals surface area contributed by atoms with E-state index in [1.165, 1.54) is 19.3 Å². The van der Waals surface area contributed by atoms with Crippen LogP contribution in [-0.2, 0) is 11.3 Å². The van der Waals surface area contributed by atoms with E-state index in [0.717, 1.165) is 11.6 Å². The van der Waals surface area contributed by atoms with Crippen LogP contribution in [0, 0.1) is 0 Å². The summed E-state index contributed by atoms with van der Waals surface area (Å²) in [7, 11) is 1.84. The largest absolute Gasteiger partial charge is 0.395 e. The Hall–Kier alpha value is -1.40. The van der Waals surface area contributed by atoms with Crippen LogP contribution in [0.3, 0.4) is 0 Å². The van der Waals surface area contributed by atoms with E-state index in [4.69, 9.17) is 4.74 Å². The second-order valence-electron chi connectivity index (χ2n) is 4.92. The van der Waals surface area contributed by atoms with Crippen LogP contribution in [0.2, 0.25) is 0 Å². The Bertz CT molecular complexity index is 424. The van der Waals surface area contributed by atoms with E-state index in [1.807, 2.05) is 20.0 Å². The molecule has 1 aromatic heterocycles. The molecule has 1 aromatic rings. The first-order chi connectivity index (χ1) is 9.78. The van der Waals surface area contributed by atoms with E-state index in [-0.39, 0.29) is 6.61 Å². The first-order valence-corrected chi connectivity index (χ1v) is 7.29. The highest BCUT2D eigenvalue weighted by Gasteiger charge is 2.26. The molecule has 2 N–H and O–H groups in total. The molecule has 0 saturated heterocycles. The summed E-state index contributed by atoms with van der Waals surface area (Å²) in [4.78, 5) is 11.2. The first kappa shape index (κ1) is 15.0. The Labute approximate surface area is 120 Å². The fourth-order valence-corrected chi connectivity index (χ4v) is 2.31. The van der Waals surface area contributed by atoms with Crippen LogP contribution in [-0.4, -0.2) is 47.9 Å². The topological polar surface area (TPSA) is 70.5 Å². The second-order valence-corrected chi connectivity index (χ2v) is 4.92. The molecule has 1 aliphatic rings. The van der Waals surface area contributed by atoms with Crippen molar-refractivity contribution >= 4 is 11.6 Å². The van der Waals surface area contributed by atoms with Crippen LogP contribution < -0.4 is 10.2 Å². The minimum atomic E-state index is 0.135. The molecular weight excluding hydrogens is 256 g/mol. The normalized spacial score (nSPS) is 14.9. The summed E-state index contributed by atoms with van der Waals surface area (Å²) >= 11 is 0. The van der Waals surface area contributed by atoms with Gasteiger partial charge in [-0.25, -0.2) is 9.97 Å². The maximum Gasteiger partial charge on any atom is 0.158 e. The minimum absolute atomic E-state index is 0.135. The zero-order chi connectivity index (χ0) is 14.4. The lowest BCUT2D eigenvalue weighted by molar-refractivity contribution is 0.128. The van der Waals surface area contributed by atoms with E-state index >= 15 is 0 Å². The van der Waals surface area contributed by atoms with Crippen LogP contribution in [0.25, 0.3) is 0 Å². The Balaban J connectivity index is 2.21. The Morgan fingerprint density at radius 3 is 2.80 bits per heavy atom. The van der Waals surface area contributed by atoms with Crippen molar-refractivity contribution in [2.24, 2.45) is 0 Å². The van der Waals surface area contributed by atoms with Gasteiger partial charge in [-0.15, -0.1) is 0 Å². The van der Waals surface area contributed by atoms with Gasteiger partial charge in [-0.05, 0) is 26.2 Å². The predicted molar refractivity (Wildman–Crippen MR) is 79.0 cm³/mol. The zero-order valence-corrected chi connectivity index (χ0v) is 12.3. The van der Waals surface area contributed by atoms with Gasteiger partial charge in [0.25, 0.3) is 0 Å². The lowest BCUT2D eigenvalue weighted by Gasteiger charge is -2.38. The molecular formula is C14H24N4O2. The van der Waals surface area contributed by atoms with E-state index in [0.29, 0.717) is 31.6 Å². The van der Waals surface area contributed by atoms with Crippen LogP contribution in [0.15, 0.2) is 6.07 Å². The third-order valence-electron chi connectivity index (χ3n) is 3.60. The monoisotopic (exact) mass is 280 g/mol. The quantitative estimate of drug-likeness (QED) is 0.750. The number of hydrogen-bond donors (Lipinski definition) is 2. The molecule has 0 spiro atoms. The molecule has 0 bridgehead atoms. The van der Waals surface area contributed by atoms with E-state index in [2.05, 4.69) is 20.2 Å². The smallest absolute Gasteiger partial charge is 0.158 e. The maximum absolute atomic E-state index is 9.28. The highest BCUT2D eigenvalue weighted by Crippen LogP contribution is 2.29. The summed E-state index contributed by atoms with van der Waals surface area (Å²) in [5, 5.41) is 12.3. The van der Waals surface area contributed by atoms with Crippen molar-refractivity contribution in [3.05, 3.63) is 11.9 Å². The third-order valence-corrected chi connectivity index (χ3v) is 3.60. The predicted octanol–water partition coefficient (Wildman–Crippen LogP) is 1.41. The van der Waals surface area contributed by atoms with E-state index in [1.54, 1.807) is 0 Å². The summed E-state index contributed by atoms with van der Waals surface area (Å²) < 4.78 is 5.39. The molecule has 0 radical (unpaired) electrons. The van der Waals surface area contributed by atoms with Crippen molar-refractivity contribution in [3.63, 3.8) is 0 Å². The molecule has 0 aliphatic heterocycles. The first-order valence-electron chi connectivity index (χ1n) is 7.29. The van der Waals surface area contributed by atoms with Gasteiger partial charge < -0.3 is 20.1 Å². The SMILES string of the molecule is CCOCc1nc(NC)cc(N(CCO)C2CCC2)n1. The van der Waals surface area contributed by atoms with Gasteiger partial charge in [0.05, 0.1) is 6.61 Å². The van der Waals surface area contributed by atoms with Crippen LogP contribution >= 0.6 is 0 Å². The Morgan fingerprint density at radius 1 is 1.45 bits per heavy atom.